The largest absolute Gasteiger partial charge is 0.297 e. The molecule has 2 aromatic rings. The topological polar surface area (TPSA) is 56.3 Å². The molecule has 1 aromatic carbocycles. The van der Waals surface area contributed by atoms with E-state index in [1.807, 2.05) is 6.92 Å². The maximum atomic E-state index is 11.9. The van der Waals surface area contributed by atoms with Crippen LogP contribution in [0.15, 0.2) is 47.6 Å². The second-order valence-electron chi connectivity index (χ2n) is 4.00. The first-order valence-electron chi connectivity index (χ1n) is 5.53. The molecule has 0 aliphatic rings. The Hall–Kier alpha value is -1.43. The summed E-state index contributed by atoms with van der Waals surface area (Å²) < 4.78 is 28.9. The highest BCUT2D eigenvalue weighted by Crippen LogP contribution is 2.19. The quantitative estimate of drug-likeness (QED) is 0.814. The van der Waals surface area contributed by atoms with Gasteiger partial charge in [0, 0.05) is 18.0 Å². The highest BCUT2D eigenvalue weighted by Gasteiger charge is 2.15. The van der Waals surface area contributed by atoms with Crippen LogP contribution in [0.3, 0.4) is 0 Å². The van der Waals surface area contributed by atoms with Crippen LogP contribution in [0, 0.1) is 6.92 Å². The van der Waals surface area contributed by atoms with Gasteiger partial charge in [0.1, 0.15) is 0 Å². The van der Waals surface area contributed by atoms with Crippen molar-refractivity contribution in [3.8, 4) is 0 Å². The molecule has 0 unspecified atom stereocenters. The SMILES string of the molecule is Cc1ccc(S(=O)(=O)OCc2ccncc2Cl)cc1. The molecule has 0 amide bonds. The zero-order chi connectivity index (χ0) is 13.9. The minimum absolute atomic E-state index is 0.114. The molecule has 0 atom stereocenters. The first kappa shape index (κ1) is 14.0. The van der Waals surface area contributed by atoms with Gasteiger partial charge in [0.25, 0.3) is 10.1 Å². The number of benzene rings is 1. The molecule has 0 N–H and O–H groups in total. The average Bonchev–Trinajstić information content (AvgIpc) is 2.38. The van der Waals surface area contributed by atoms with Crippen molar-refractivity contribution >= 4 is 21.7 Å². The lowest BCUT2D eigenvalue weighted by Gasteiger charge is -2.07. The van der Waals surface area contributed by atoms with Gasteiger partial charge in [-0.05, 0) is 25.1 Å². The van der Waals surface area contributed by atoms with Crippen molar-refractivity contribution < 1.29 is 12.6 Å². The molecule has 19 heavy (non-hydrogen) atoms. The van der Waals surface area contributed by atoms with Gasteiger partial charge in [0.2, 0.25) is 0 Å². The fraction of sp³-hybridized carbons (Fsp3) is 0.154. The predicted octanol–water partition coefficient (Wildman–Crippen LogP) is 2.95. The van der Waals surface area contributed by atoms with E-state index in [0.717, 1.165) is 5.56 Å². The van der Waals surface area contributed by atoms with Crippen LogP contribution in [0.5, 0.6) is 0 Å². The van der Waals surface area contributed by atoms with E-state index in [-0.39, 0.29) is 11.5 Å². The molecule has 0 bridgehead atoms. The van der Waals surface area contributed by atoms with E-state index < -0.39 is 10.1 Å². The Kier molecular flexibility index (Phi) is 4.19. The molecular formula is C13H12ClNO3S. The lowest BCUT2D eigenvalue weighted by Crippen LogP contribution is -2.06. The van der Waals surface area contributed by atoms with Crippen molar-refractivity contribution in [2.75, 3.05) is 0 Å². The van der Waals surface area contributed by atoms with Gasteiger partial charge < -0.3 is 0 Å². The van der Waals surface area contributed by atoms with E-state index in [9.17, 15) is 8.42 Å². The molecule has 0 saturated carbocycles. The molecule has 0 aliphatic carbocycles. The van der Waals surface area contributed by atoms with Crippen molar-refractivity contribution in [3.05, 3.63) is 58.9 Å². The summed E-state index contributed by atoms with van der Waals surface area (Å²) in [6.45, 7) is 1.77. The van der Waals surface area contributed by atoms with Crippen LogP contribution < -0.4 is 0 Å². The fourth-order valence-corrected chi connectivity index (χ4v) is 2.50. The van der Waals surface area contributed by atoms with Gasteiger partial charge in [-0.3, -0.25) is 9.17 Å². The van der Waals surface area contributed by atoms with Crippen molar-refractivity contribution in [1.82, 2.24) is 4.98 Å². The maximum absolute atomic E-state index is 11.9. The molecule has 0 fully saturated rings. The van der Waals surface area contributed by atoms with Gasteiger partial charge in [0.05, 0.1) is 16.5 Å². The minimum atomic E-state index is -3.77. The highest BCUT2D eigenvalue weighted by atomic mass is 35.5. The number of hydrogen-bond acceptors (Lipinski definition) is 4. The van der Waals surface area contributed by atoms with Crippen LogP contribution in [0.4, 0.5) is 0 Å². The monoisotopic (exact) mass is 297 g/mol. The second-order valence-corrected chi connectivity index (χ2v) is 6.02. The molecule has 4 nitrogen and oxygen atoms in total. The third kappa shape index (κ3) is 3.53. The van der Waals surface area contributed by atoms with Crippen LogP contribution in [0.25, 0.3) is 0 Å². The average molecular weight is 298 g/mol. The summed E-state index contributed by atoms with van der Waals surface area (Å²) in [5.41, 5.74) is 1.56. The molecule has 0 radical (unpaired) electrons. The van der Waals surface area contributed by atoms with E-state index in [2.05, 4.69) is 4.98 Å². The fourth-order valence-electron chi connectivity index (χ4n) is 1.44. The Morgan fingerprint density at radius 2 is 1.89 bits per heavy atom. The van der Waals surface area contributed by atoms with Crippen LogP contribution in [0.1, 0.15) is 11.1 Å². The van der Waals surface area contributed by atoms with Gasteiger partial charge in [-0.15, -0.1) is 0 Å². The lowest BCUT2D eigenvalue weighted by atomic mass is 10.2. The van der Waals surface area contributed by atoms with Crippen molar-refractivity contribution in [2.24, 2.45) is 0 Å². The van der Waals surface area contributed by atoms with E-state index in [4.69, 9.17) is 15.8 Å². The van der Waals surface area contributed by atoms with Gasteiger partial charge in [0.15, 0.2) is 0 Å². The van der Waals surface area contributed by atoms with Gasteiger partial charge in [-0.1, -0.05) is 29.3 Å². The second kappa shape index (κ2) is 5.69. The molecular weight excluding hydrogens is 286 g/mol. The van der Waals surface area contributed by atoms with Crippen LogP contribution in [-0.4, -0.2) is 13.4 Å². The predicted molar refractivity (Wildman–Crippen MR) is 72.4 cm³/mol. The highest BCUT2D eigenvalue weighted by molar-refractivity contribution is 7.86. The number of halogens is 1. The van der Waals surface area contributed by atoms with Crippen molar-refractivity contribution in [3.63, 3.8) is 0 Å². The Morgan fingerprint density at radius 3 is 2.53 bits per heavy atom. The molecule has 0 spiro atoms. The lowest BCUT2D eigenvalue weighted by molar-refractivity contribution is 0.308. The van der Waals surface area contributed by atoms with Crippen LogP contribution in [0.2, 0.25) is 5.02 Å². The normalized spacial score (nSPS) is 11.5. The first-order chi connectivity index (χ1) is 8.99. The van der Waals surface area contributed by atoms with E-state index in [0.29, 0.717) is 10.6 Å². The summed E-state index contributed by atoms with van der Waals surface area (Å²) >= 11 is 5.88. The summed E-state index contributed by atoms with van der Waals surface area (Å²) in [5.74, 6) is 0. The summed E-state index contributed by atoms with van der Waals surface area (Å²) in [6.07, 6.45) is 2.97. The van der Waals surface area contributed by atoms with Gasteiger partial charge in [-0.25, -0.2) is 0 Å². The summed E-state index contributed by atoms with van der Waals surface area (Å²) in [6, 6.07) is 8.08. The number of nitrogens with zero attached hydrogens (tertiary/aromatic N) is 1. The Labute approximate surface area is 117 Å². The third-order valence-corrected chi connectivity index (χ3v) is 4.15. The Morgan fingerprint density at radius 1 is 1.21 bits per heavy atom. The zero-order valence-corrected chi connectivity index (χ0v) is 11.8. The summed E-state index contributed by atoms with van der Waals surface area (Å²) in [7, 11) is -3.77. The van der Waals surface area contributed by atoms with Crippen LogP contribution >= 0.6 is 11.6 Å². The van der Waals surface area contributed by atoms with Crippen LogP contribution in [-0.2, 0) is 20.9 Å². The number of pyridine rings is 1. The number of rotatable bonds is 4. The Bertz CT molecular complexity index is 669. The summed E-state index contributed by atoms with van der Waals surface area (Å²) in [4.78, 5) is 3.95. The minimum Gasteiger partial charge on any atom is -0.263 e. The zero-order valence-electron chi connectivity index (χ0n) is 10.2. The van der Waals surface area contributed by atoms with Gasteiger partial charge >= 0.3 is 0 Å². The Balaban J connectivity index is 2.14. The third-order valence-electron chi connectivity index (χ3n) is 2.54. The molecule has 0 saturated heterocycles. The van der Waals surface area contributed by atoms with Crippen molar-refractivity contribution in [1.29, 1.82) is 0 Å². The van der Waals surface area contributed by atoms with Crippen molar-refractivity contribution in [2.45, 2.75) is 18.4 Å². The number of aromatic nitrogens is 1. The number of hydrogen-bond donors (Lipinski definition) is 0. The molecule has 6 heteroatoms. The standard InChI is InChI=1S/C13H12ClNO3S/c1-10-2-4-12(5-3-10)19(16,17)18-9-11-6-7-15-8-13(11)14/h2-8H,9H2,1H3. The van der Waals surface area contributed by atoms with E-state index in [1.54, 1.807) is 18.2 Å². The molecule has 100 valence electrons. The summed E-state index contributed by atoms with van der Waals surface area (Å²) in [5, 5.41) is 0.376. The van der Waals surface area contributed by atoms with Gasteiger partial charge in [-0.2, -0.15) is 8.42 Å². The molecule has 2 rings (SSSR count). The smallest absolute Gasteiger partial charge is 0.263 e. The molecule has 1 aromatic heterocycles. The van der Waals surface area contributed by atoms with E-state index >= 15 is 0 Å². The molecule has 0 aliphatic heterocycles. The maximum Gasteiger partial charge on any atom is 0.297 e. The first-order valence-corrected chi connectivity index (χ1v) is 7.32. The van der Waals surface area contributed by atoms with E-state index in [1.165, 1.54) is 24.5 Å². The number of aryl methyl sites for hydroxylation is 1. The molecule has 1 heterocycles.